The molecule has 1 fully saturated rings. The highest BCUT2D eigenvalue weighted by Crippen LogP contribution is 2.40. The number of carbonyl (C=O) groups excluding carboxylic acids is 1. The third-order valence-electron chi connectivity index (χ3n) is 3.64. The van der Waals surface area contributed by atoms with Gasteiger partial charge in [-0.2, -0.15) is 0 Å². The predicted octanol–water partition coefficient (Wildman–Crippen LogP) is 4.97. The fourth-order valence-electron chi connectivity index (χ4n) is 2.56. The van der Waals surface area contributed by atoms with E-state index >= 15 is 0 Å². The average molecular weight is 301 g/mol. The first-order chi connectivity index (χ1) is 7.53. The van der Waals surface area contributed by atoms with Gasteiger partial charge in [0.25, 0.3) is 0 Å². The molecule has 1 aliphatic rings. The molecule has 0 unspecified atom stereocenters. The average Bonchev–Trinajstić information content (AvgIpc) is 2.58. The minimum Gasteiger partial charge on any atom is -0.294 e. The van der Waals surface area contributed by atoms with E-state index in [0.29, 0.717) is 5.78 Å². The summed E-state index contributed by atoms with van der Waals surface area (Å²) in [4.78, 5) is 13.7. The standard InChI is InChI=1S/C13H17BrOS/c1-9-10(8-11(14)16-9)12(15)13(2)6-4-3-5-7-13/h8H,3-7H2,1-2H3. The van der Waals surface area contributed by atoms with Gasteiger partial charge >= 0.3 is 0 Å². The van der Waals surface area contributed by atoms with Crippen molar-refractivity contribution in [3.05, 3.63) is 20.3 Å². The lowest BCUT2D eigenvalue weighted by Crippen LogP contribution is -2.30. The van der Waals surface area contributed by atoms with Gasteiger partial charge in [0.2, 0.25) is 0 Å². The first kappa shape index (κ1) is 12.3. The number of thiophene rings is 1. The molecule has 0 aromatic carbocycles. The molecule has 0 amide bonds. The van der Waals surface area contributed by atoms with Gasteiger partial charge in [-0.05, 0) is 41.8 Å². The van der Waals surface area contributed by atoms with Crippen molar-refractivity contribution in [1.82, 2.24) is 0 Å². The number of hydrogen-bond donors (Lipinski definition) is 0. The Morgan fingerprint density at radius 3 is 2.50 bits per heavy atom. The zero-order chi connectivity index (χ0) is 11.8. The molecule has 16 heavy (non-hydrogen) atoms. The minimum atomic E-state index is -0.108. The van der Waals surface area contributed by atoms with E-state index in [1.165, 1.54) is 19.3 Å². The molecule has 0 bridgehead atoms. The summed E-state index contributed by atoms with van der Waals surface area (Å²) in [5, 5.41) is 0. The molecule has 1 aliphatic carbocycles. The van der Waals surface area contributed by atoms with Crippen LogP contribution >= 0.6 is 27.3 Å². The van der Waals surface area contributed by atoms with Crippen molar-refractivity contribution in [3.8, 4) is 0 Å². The molecule has 0 N–H and O–H groups in total. The molecule has 1 nitrogen and oxygen atoms in total. The van der Waals surface area contributed by atoms with Crippen molar-refractivity contribution in [2.75, 3.05) is 0 Å². The molecule has 0 saturated heterocycles. The molecule has 0 atom stereocenters. The van der Waals surface area contributed by atoms with Gasteiger partial charge in [0, 0.05) is 15.9 Å². The topological polar surface area (TPSA) is 17.1 Å². The summed E-state index contributed by atoms with van der Waals surface area (Å²) in [5.41, 5.74) is 0.824. The van der Waals surface area contributed by atoms with Crippen LogP contribution in [-0.4, -0.2) is 5.78 Å². The molecule has 0 aliphatic heterocycles. The summed E-state index contributed by atoms with van der Waals surface area (Å²) in [5.74, 6) is 0.353. The van der Waals surface area contributed by atoms with Crippen LogP contribution in [0.1, 0.15) is 54.3 Å². The second-order valence-corrected chi connectivity index (χ2v) is 7.61. The van der Waals surface area contributed by atoms with Crippen LogP contribution in [0.15, 0.2) is 9.85 Å². The van der Waals surface area contributed by atoms with Crippen molar-refractivity contribution in [1.29, 1.82) is 0 Å². The van der Waals surface area contributed by atoms with Crippen molar-refractivity contribution in [2.24, 2.45) is 5.41 Å². The van der Waals surface area contributed by atoms with Gasteiger partial charge in [0.05, 0.1) is 3.79 Å². The lowest BCUT2D eigenvalue weighted by Gasteiger charge is -2.31. The summed E-state index contributed by atoms with van der Waals surface area (Å²) in [6, 6.07) is 1.99. The number of rotatable bonds is 2. The Kier molecular flexibility index (Phi) is 3.55. The Morgan fingerprint density at radius 2 is 2.00 bits per heavy atom. The maximum atomic E-state index is 12.5. The second-order valence-electron chi connectivity index (χ2n) is 4.97. The molecule has 88 valence electrons. The minimum absolute atomic E-state index is 0.108. The molecule has 1 saturated carbocycles. The Bertz CT molecular complexity index is 402. The van der Waals surface area contributed by atoms with Crippen LogP contribution in [0.4, 0.5) is 0 Å². The SMILES string of the molecule is Cc1sc(Br)cc1C(=O)C1(C)CCCCC1. The fraction of sp³-hybridized carbons (Fsp3) is 0.615. The van der Waals surface area contributed by atoms with Crippen LogP contribution in [0.5, 0.6) is 0 Å². The third-order valence-corrected chi connectivity index (χ3v) is 5.19. The Labute approximate surface area is 109 Å². The number of Topliss-reactive ketones (excluding diaryl/α,β-unsaturated/α-hetero) is 1. The third kappa shape index (κ3) is 2.25. The fourth-order valence-corrected chi connectivity index (χ4v) is 4.24. The zero-order valence-corrected chi connectivity index (χ0v) is 12.2. The van der Waals surface area contributed by atoms with Gasteiger partial charge < -0.3 is 0 Å². The molecule has 1 aromatic rings. The molecule has 0 spiro atoms. The van der Waals surface area contributed by atoms with Gasteiger partial charge in [-0.3, -0.25) is 4.79 Å². The van der Waals surface area contributed by atoms with Gasteiger partial charge in [-0.15, -0.1) is 11.3 Å². The van der Waals surface area contributed by atoms with Crippen LogP contribution in [0.3, 0.4) is 0 Å². The molecule has 1 aromatic heterocycles. The summed E-state index contributed by atoms with van der Waals surface area (Å²) in [6.07, 6.45) is 5.80. The highest BCUT2D eigenvalue weighted by atomic mass is 79.9. The smallest absolute Gasteiger partial charge is 0.169 e. The van der Waals surface area contributed by atoms with Crippen molar-refractivity contribution in [2.45, 2.75) is 46.0 Å². The van der Waals surface area contributed by atoms with Gasteiger partial charge in [-0.25, -0.2) is 0 Å². The summed E-state index contributed by atoms with van der Waals surface area (Å²) >= 11 is 5.12. The van der Waals surface area contributed by atoms with E-state index in [1.54, 1.807) is 11.3 Å². The Balaban J connectivity index is 2.27. The number of aryl methyl sites for hydroxylation is 1. The van der Waals surface area contributed by atoms with E-state index in [-0.39, 0.29) is 5.41 Å². The van der Waals surface area contributed by atoms with Gasteiger partial charge in [0.15, 0.2) is 5.78 Å². The molecule has 3 heteroatoms. The van der Waals surface area contributed by atoms with E-state index in [9.17, 15) is 4.79 Å². The molecular weight excluding hydrogens is 284 g/mol. The van der Waals surface area contributed by atoms with Gasteiger partial charge in [-0.1, -0.05) is 26.2 Å². The lowest BCUT2D eigenvalue weighted by molar-refractivity contribution is 0.0749. The van der Waals surface area contributed by atoms with E-state index < -0.39 is 0 Å². The van der Waals surface area contributed by atoms with Gasteiger partial charge in [0.1, 0.15) is 0 Å². The second kappa shape index (κ2) is 4.61. The van der Waals surface area contributed by atoms with Crippen LogP contribution < -0.4 is 0 Å². The molecule has 2 rings (SSSR count). The Morgan fingerprint density at radius 1 is 1.38 bits per heavy atom. The maximum Gasteiger partial charge on any atom is 0.169 e. The first-order valence-electron chi connectivity index (χ1n) is 5.84. The molecular formula is C13H17BrOS. The highest BCUT2D eigenvalue weighted by Gasteiger charge is 2.36. The van der Waals surface area contributed by atoms with Crippen molar-refractivity contribution < 1.29 is 4.79 Å². The van der Waals surface area contributed by atoms with Crippen LogP contribution in [0, 0.1) is 12.3 Å². The summed E-state index contributed by atoms with van der Waals surface area (Å²) in [7, 11) is 0. The van der Waals surface area contributed by atoms with E-state index in [4.69, 9.17) is 0 Å². The number of carbonyl (C=O) groups is 1. The normalized spacial score (nSPS) is 19.7. The highest BCUT2D eigenvalue weighted by molar-refractivity contribution is 9.11. The number of ketones is 1. The number of hydrogen-bond acceptors (Lipinski definition) is 2. The van der Waals surface area contributed by atoms with E-state index in [2.05, 4.69) is 22.9 Å². The van der Waals surface area contributed by atoms with Crippen LogP contribution in [0.2, 0.25) is 0 Å². The van der Waals surface area contributed by atoms with E-state index in [0.717, 1.165) is 27.1 Å². The lowest BCUT2D eigenvalue weighted by atomic mass is 9.71. The molecule has 1 heterocycles. The largest absolute Gasteiger partial charge is 0.294 e. The van der Waals surface area contributed by atoms with Crippen molar-refractivity contribution >= 4 is 33.0 Å². The predicted molar refractivity (Wildman–Crippen MR) is 72.3 cm³/mol. The summed E-state index contributed by atoms with van der Waals surface area (Å²) in [6.45, 7) is 4.17. The zero-order valence-electron chi connectivity index (χ0n) is 9.81. The van der Waals surface area contributed by atoms with Crippen LogP contribution in [-0.2, 0) is 0 Å². The Hall–Kier alpha value is -0.150. The monoisotopic (exact) mass is 300 g/mol. The van der Waals surface area contributed by atoms with E-state index in [1.807, 2.05) is 13.0 Å². The van der Waals surface area contributed by atoms with Crippen molar-refractivity contribution in [3.63, 3.8) is 0 Å². The molecule has 0 radical (unpaired) electrons. The number of halogens is 1. The first-order valence-corrected chi connectivity index (χ1v) is 7.45. The quantitative estimate of drug-likeness (QED) is 0.705. The maximum absolute atomic E-state index is 12.5. The summed E-state index contributed by atoms with van der Waals surface area (Å²) < 4.78 is 1.06. The van der Waals surface area contributed by atoms with Crippen LogP contribution in [0.25, 0.3) is 0 Å².